The normalized spacial score (nSPS) is 10.7. The molecule has 0 atom stereocenters. The minimum Gasteiger partial charge on any atom is -0.384 e. The fourth-order valence-corrected chi connectivity index (χ4v) is 3.08. The van der Waals surface area contributed by atoms with Crippen molar-refractivity contribution >= 4 is 39.2 Å². The van der Waals surface area contributed by atoms with Gasteiger partial charge in [-0.3, -0.25) is 0 Å². The second-order valence-electron chi connectivity index (χ2n) is 3.28. The lowest BCUT2D eigenvalue weighted by Gasteiger charge is -1.96. The van der Waals surface area contributed by atoms with Gasteiger partial charge in [0.25, 0.3) is 0 Å². The minimum atomic E-state index is 0.666. The molecule has 0 aliphatic carbocycles. The second kappa shape index (κ2) is 6.49. The van der Waals surface area contributed by atoms with Crippen LogP contribution in [0, 0.1) is 0 Å². The summed E-state index contributed by atoms with van der Waals surface area (Å²) in [6.07, 6.45) is 0.772. The van der Waals surface area contributed by atoms with E-state index in [9.17, 15) is 0 Å². The van der Waals surface area contributed by atoms with Gasteiger partial charge in [0.2, 0.25) is 0 Å². The van der Waals surface area contributed by atoms with Crippen molar-refractivity contribution in [2.45, 2.75) is 15.7 Å². The number of ether oxygens (including phenoxy) is 1. The van der Waals surface area contributed by atoms with E-state index in [1.807, 2.05) is 12.1 Å². The zero-order chi connectivity index (χ0) is 12.1. The van der Waals surface area contributed by atoms with Gasteiger partial charge in [-0.2, -0.15) is 4.37 Å². The quantitative estimate of drug-likeness (QED) is 0.838. The highest BCUT2D eigenvalue weighted by atomic mass is 79.9. The predicted molar refractivity (Wildman–Crippen MR) is 73.8 cm³/mol. The van der Waals surface area contributed by atoms with E-state index in [1.54, 1.807) is 18.9 Å². The van der Waals surface area contributed by atoms with Crippen LogP contribution in [0.4, 0.5) is 0 Å². The van der Waals surface area contributed by atoms with E-state index >= 15 is 0 Å². The molecule has 1 aromatic carbocycles. The zero-order valence-corrected chi connectivity index (χ0v) is 12.4. The number of hydrogen-bond acceptors (Lipinski definition) is 5. The predicted octanol–water partition coefficient (Wildman–Crippen LogP) is 3.64. The molecular weight excluding hydrogens is 320 g/mol. The first-order valence-corrected chi connectivity index (χ1v) is 7.41. The van der Waals surface area contributed by atoms with E-state index in [0.29, 0.717) is 6.61 Å². The van der Waals surface area contributed by atoms with E-state index < -0.39 is 0 Å². The molecule has 0 unspecified atom stereocenters. The van der Waals surface area contributed by atoms with Gasteiger partial charge >= 0.3 is 0 Å². The maximum Gasteiger partial charge on any atom is 0.174 e. The van der Waals surface area contributed by atoms with Gasteiger partial charge in [0.1, 0.15) is 5.82 Å². The van der Waals surface area contributed by atoms with Crippen LogP contribution < -0.4 is 0 Å². The Morgan fingerprint density at radius 2 is 2.12 bits per heavy atom. The highest BCUT2D eigenvalue weighted by molar-refractivity contribution is 9.10. The molecule has 0 saturated heterocycles. The van der Waals surface area contributed by atoms with Crippen molar-refractivity contribution in [3.8, 4) is 0 Å². The lowest BCUT2D eigenvalue weighted by Crippen LogP contribution is -1.95. The Morgan fingerprint density at radius 1 is 1.35 bits per heavy atom. The fraction of sp³-hybridized carbons (Fsp3) is 0.273. The van der Waals surface area contributed by atoms with Gasteiger partial charge in [-0.05, 0) is 35.8 Å². The number of nitrogens with zero attached hydrogens (tertiary/aromatic N) is 2. The van der Waals surface area contributed by atoms with Crippen molar-refractivity contribution in [1.82, 2.24) is 9.36 Å². The van der Waals surface area contributed by atoms with Crippen LogP contribution in [0.5, 0.6) is 0 Å². The maximum absolute atomic E-state index is 5.00. The summed E-state index contributed by atoms with van der Waals surface area (Å²) in [5.74, 6) is 0.858. The molecule has 0 N–H and O–H groups in total. The summed E-state index contributed by atoms with van der Waals surface area (Å²) >= 11 is 6.48. The van der Waals surface area contributed by atoms with E-state index in [1.165, 1.54) is 16.4 Å². The summed E-state index contributed by atoms with van der Waals surface area (Å²) in [5, 5.41) is 0. The van der Waals surface area contributed by atoms with Crippen LogP contribution >= 0.6 is 39.2 Å². The molecular formula is C11H11BrN2OS2. The Bertz CT molecular complexity index is 473. The number of rotatable bonds is 5. The molecule has 0 aliphatic rings. The number of benzene rings is 1. The molecule has 3 nitrogen and oxygen atoms in total. The molecule has 2 rings (SSSR count). The van der Waals surface area contributed by atoms with Crippen LogP contribution in [-0.2, 0) is 11.2 Å². The Morgan fingerprint density at radius 3 is 2.82 bits per heavy atom. The first-order chi connectivity index (χ1) is 8.28. The van der Waals surface area contributed by atoms with Gasteiger partial charge in [-0.1, -0.05) is 27.7 Å². The molecule has 0 bridgehead atoms. The SMILES string of the molecule is COCCc1nsc(Sc2ccc(Br)cc2)n1. The highest BCUT2D eigenvalue weighted by Crippen LogP contribution is 2.29. The Labute approximate surface area is 117 Å². The van der Waals surface area contributed by atoms with Crippen LogP contribution in [-0.4, -0.2) is 23.1 Å². The maximum atomic E-state index is 5.00. The monoisotopic (exact) mass is 330 g/mol. The van der Waals surface area contributed by atoms with Crippen LogP contribution in [0.15, 0.2) is 38.0 Å². The van der Waals surface area contributed by atoms with E-state index in [4.69, 9.17) is 4.74 Å². The van der Waals surface area contributed by atoms with Crippen molar-refractivity contribution in [2.24, 2.45) is 0 Å². The Balaban J connectivity index is 1.98. The third kappa shape index (κ3) is 4.06. The third-order valence-electron chi connectivity index (χ3n) is 2.00. The number of halogens is 1. The molecule has 1 aromatic heterocycles. The summed E-state index contributed by atoms with van der Waals surface area (Å²) in [4.78, 5) is 5.61. The molecule has 90 valence electrons. The lowest BCUT2D eigenvalue weighted by atomic mass is 10.4. The van der Waals surface area contributed by atoms with Crippen molar-refractivity contribution in [2.75, 3.05) is 13.7 Å². The molecule has 0 spiro atoms. The summed E-state index contributed by atoms with van der Waals surface area (Å²) in [7, 11) is 1.68. The molecule has 0 radical (unpaired) electrons. The summed E-state index contributed by atoms with van der Waals surface area (Å²) in [6, 6.07) is 8.17. The van der Waals surface area contributed by atoms with Crippen LogP contribution in [0.25, 0.3) is 0 Å². The molecule has 2 aromatic rings. The number of aromatic nitrogens is 2. The van der Waals surface area contributed by atoms with E-state index in [0.717, 1.165) is 21.1 Å². The number of methoxy groups -OCH3 is 1. The summed E-state index contributed by atoms with van der Waals surface area (Å²) < 4.78 is 11.3. The molecule has 17 heavy (non-hydrogen) atoms. The molecule has 0 fully saturated rings. The third-order valence-corrected chi connectivity index (χ3v) is 4.32. The van der Waals surface area contributed by atoms with Crippen LogP contribution in [0.3, 0.4) is 0 Å². The molecule has 0 amide bonds. The first-order valence-electron chi connectivity index (χ1n) is 5.03. The lowest BCUT2D eigenvalue weighted by molar-refractivity contribution is 0.200. The van der Waals surface area contributed by atoms with Gasteiger partial charge < -0.3 is 4.74 Å². The van der Waals surface area contributed by atoms with Crippen molar-refractivity contribution < 1.29 is 4.74 Å². The molecule has 1 heterocycles. The number of hydrogen-bond donors (Lipinski definition) is 0. The molecule has 0 aliphatic heterocycles. The van der Waals surface area contributed by atoms with Crippen molar-refractivity contribution in [3.05, 3.63) is 34.6 Å². The topological polar surface area (TPSA) is 35.0 Å². The van der Waals surface area contributed by atoms with Crippen molar-refractivity contribution in [3.63, 3.8) is 0 Å². The fourth-order valence-electron chi connectivity index (χ4n) is 1.18. The van der Waals surface area contributed by atoms with Crippen LogP contribution in [0.1, 0.15) is 5.82 Å². The smallest absolute Gasteiger partial charge is 0.174 e. The van der Waals surface area contributed by atoms with E-state index in [2.05, 4.69) is 37.4 Å². The second-order valence-corrected chi connectivity index (χ2v) is 6.26. The standard InChI is InChI=1S/C11H11BrN2OS2/c1-15-7-6-10-13-11(17-14-10)16-9-4-2-8(12)3-5-9/h2-5H,6-7H2,1H3. The average Bonchev–Trinajstić information content (AvgIpc) is 2.77. The minimum absolute atomic E-state index is 0.666. The van der Waals surface area contributed by atoms with Gasteiger partial charge in [0, 0.05) is 22.9 Å². The van der Waals surface area contributed by atoms with Gasteiger partial charge in [0.15, 0.2) is 4.34 Å². The summed E-state index contributed by atoms with van der Waals surface area (Å²) in [6.45, 7) is 0.666. The van der Waals surface area contributed by atoms with E-state index in [-0.39, 0.29) is 0 Å². The highest BCUT2D eigenvalue weighted by Gasteiger charge is 2.05. The van der Waals surface area contributed by atoms with Gasteiger partial charge in [-0.25, -0.2) is 4.98 Å². The Hall–Kier alpha value is -0.430. The van der Waals surface area contributed by atoms with Crippen molar-refractivity contribution in [1.29, 1.82) is 0 Å². The van der Waals surface area contributed by atoms with Gasteiger partial charge in [-0.15, -0.1) is 0 Å². The largest absolute Gasteiger partial charge is 0.384 e. The Kier molecular flexibility index (Phi) is 4.97. The first kappa shape index (κ1) is 13.0. The summed E-state index contributed by atoms with van der Waals surface area (Å²) in [5.41, 5.74) is 0. The molecule has 0 saturated carbocycles. The van der Waals surface area contributed by atoms with Gasteiger partial charge in [0.05, 0.1) is 6.61 Å². The molecule has 6 heteroatoms. The average molecular weight is 331 g/mol. The van der Waals surface area contributed by atoms with Crippen LogP contribution in [0.2, 0.25) is 0 Å². The zero-order valence-electron chi connectivity index (χ0n) is 9.22.